The largest absolute Gasteiger partial charge is 0.497 e. The van der Waals surface area contributed by atoms with Gasteiger partial charge in [-0.3, -0.25) is 4.79 Å². The molecule has 1 aromatic rings. The van der Waals surface area contributed by atoms with Gasteiger partial charge < -0.3 is 25.2 Å². The molecule has 3 N–H and O–H groups in total. The van der Waals surface area contributed by atoms with Crippen molar-refractivity contribution in [2.45, 2.75) is 19.4 Å². The smallest absolute Gasteiger partial charge is 0.216 e. The molecule has 21 heavy (non-hydrogen) atoms. The topological polar surface area (TPSA) is 79.8 Å². The molecule has 0 aliphatic heterocycles. The summed E-state index contributed by atoms with van der Waals surface area (Å²) in [6, 6.07) is 5.35. The molecular formula is C15H24N2O4. The Morgan fingerprint density at radius 2 is 2.00 bits per heavy atom. The molecule has 0 aliphatic carbocycles. The lowest BCUT2D eigenvalue weighted by Gasteiger charge is -2.16. The first-order valence-corrected chi connectivity index (χ1v) is 6.93. The average Bonchev–Trinajstić information content (AvgIpc) is 2.49. The molecule has 0 radical (unpaired) electrons. The van der Waals surface area contributed by atoms with Crippen LogP contribution in [0.3, 0.4) is 0 Å². The van der Waals surface area contributed by atoms with E-state index in [1.54, 1.807) is 32.4 Å². The predicted octanol–water partition coefficient (Wildman–Crippen LogP) is 0.853. The second-order valence-electron chi connectivity index (χ2n) is 4.65. The van der Waals surface area contributed by atoms with Crippen molar-refractivity contribution in [1.29, 1.82) is 0 Å². The third kappa shape index (κ3) is 6.01. The maximum Gasteiger partial charge on any atom is 0.216 e. The van der Waals surface area contributed by atoms with Crippen LogP contribution in [-0.4, -0.2) is 44.9 Å². The molecule has 0 fully saturated rings. The van der Waals surface area contributed by atoms with Crippen LogP contribution in [0.2, 0.25) is 0 Å². The summed E-state index contributed by atoms with van der Waals surface area (Å²) in [5.41, 5.74) is 0.738. The van der Waals surface area contributed by atoms with Gasteiger partial charge in [-0.15, -0.1) is 0 Å². The molecule has 0 bridgehead atoms. The highest BCUT2D eigenvalue weighted by atomic mass is 16.5. The lowest BCUT2D eigenvalue weighted by atomic mass is 10.1. The standard InChI is InChI=1S/C15H24N2O4/c1-11(18)17-9-8-16-7-6-14(19)13-5-4-12(20-2)10-15(13)21-3/h4-5,10,14,16,19H,6-9H2,1-3H3,(H,17,18). The number of hydrogen-bond acceptors (Lipinski definition) is 5. The maximum absolute atomic E-state index is 10.7. The van der Waals surface area contributed by atoms with Crippen molar-refractivity contribution in [2.75, 3.05) is 33.9 Å². The average molecular weight is 296 g/mol. The second-order valence-corrected chi connectivity index (χ2v) is 4.65. The van der Waals surface area contributed by atoms with E-state index in [0.717, 1.165) is 5.56 Å². The van der Waals surface area contributed by atoms with Crippen LogP contribution in [-0.2, 0) is 4.79 Å². The number of aliphatic hydroxyl groups excluding tert-OH is 1. The molecule has 1 aromatic carbocycles. The fourth-order valence-corrected chi connectivity index (χ4v) is 1.94. The van der Waals surface area contributed by atoms with Gasteiger partial charge in [-0.1, -0.05) is 0 Å². The fraction of sp³-hybridized carbons (Fsp3) is 0.533. The first-order valence-electron chi connectivity index (χ1n) is 6.93. The molecule has 0 heterocycles. The molecule has 6 nitrogen and oxygen atoms in total. The van der Waals surface area contributed by atoms with Crippen LogP contribution >= 0.6 is 0 Å². The normalized spacial score (nSPS) is 11.8. The molecule has 0 saturated heterocycles. The molecule has 0 spiro atoms. The van der Waals surface area contributed by atoms with Gasteiger partial charge in [0.25, 0.3) is 0 Å². The number of aliphatic hydroxyl groups is 1. The van der Waals surface area contributed by atoms with Gasteiger partial charge in [0.2, 0.25) is 5.91 Å². The van der Waals surface area contributed by atoms with Gasteiger partial charge in [0, 0.05) is 31.6 Å². The van der Waals surface area contributed by atoms with Crippen molar-refractivity contribution in [1.82, 2.24) is 10.6 Å². The minimum absolute atomic E-state index is 0.0418. The number of methoxy groups -OCH3 is 2. The Morgan fingerprint density at radius 1 is 1.24 bits per heavy atom. The molecule has 6 heteroatoms. The zero-order valence-electron chi connectivity index (χ0n) is 12.8. The molecule has 0 aliphatic rings. The summed E-state index contributed by atoms with van der Waals surface area (Å²) in [6.45, 7) is 3.39. The summed E-state index contributed by atoms with van der Waals surface area (Å²) in [5.74, 6) is 1.26. The molecule has 1 amide bonds. The van der Waals surface area contributed by atoms with Crippen LogP contribution in [0.5, 0.6) is 11.5 Å². The van der Waals surface area contributed by atoms with Crippen molar-refractivity contribution >= 4 is 5.91 Å². The number of carbonyl (C=O) groups excluding carboxylic acids is 1. The summed E-state index contributed by atoms with van der Waals surface area (Å²) in [4.78, 5) is 10.7. The number of nitrogens with one attached hydrogen (secondary N) is 2. The maximum atomic E-state index is 10.7. The van der Waals surface area contributed by atoms with Crippen LogP contribution < -0.4 is 20.1 Å². The summed E-state index contributed by atoms with van der Waals surface area (Å²) < 4.78 is 10.4. The van der Waals surface area contributed by atoms with Gasteiger partial charge >= 0.3 is 0 Å². The quantitative estimate of drug-likeness (QED) is 0.589. The van der Waals surface area contributed by atoms with Crippen molar-refractivity contribution in [3.63, 3.8) is 0 Å². The Hall–Kier alpha value is -1.79. The minimum Gasteiger partial charge on any atom is -0.497 e. The summed E-state index contributed by atoms with van der Waals surface area (Å²) >= 11 is 0. The van der Waals surface area contributed by atoms with Gasteiger partial charge in [-0.05, 0) is 25.1 Å². The van der Waals surface area contributed by atoms with E-state index >= 15 is 0 Å². The first-order chi connectivity index (χ1) is 10.1. The van der Waals surface area contributed by atoms with Crippen LogP contribution in [0.4, 0.5) is 0 Å². The van der Waals surface area contributed by atoms with Gasteiger partial charge in [0.1, 0.15) is 11.5 Å². The number of hydrogen-bond donors (Lipinski definition) is 3. The van der Waals surface area contributed by atoms with Crippen LogP contribution in [0.25, 0.3) is 0 Å². The zero-order chi connectivity index (χ0) is 15.7. The van der Waals surface area contributed by atoms with E-state index in [1.165, 1.54) is 6.92 Å². The van der Waals surface area contributed by atoms with Crippen molar-refractivity contribution in [3.05, 3.63) is 23.8 Å². The monoisotopic (exact) mass is 296 g/mol. The van der Waals surface area contributed by atoms with Crippen LogP contribution in [0, 0.1) is 0 Å². The lowest BCUT2D eigenvalue weighted by molar-refractivity contribution is -0.118. The van der Waals surface area contributed by atoms with Gasteiger partial charge in [-0.25, -0.2) is 0 Å². The van der Waals surface area contributed by atoms with E-state index in [1.807, 2.05) is 0 Å². The van der Waals surface area contributed by atoms with Crippen molar-refractivity contribution in [3.8, 4) is 11.5 Å². The Balaban J connectivity index is 2.41. The number of amides is 1. The zero-order valence-corrected chi connectivity index (χ0v) is 12.8. The van der Waals surface area contributed by atoms with Crippen molar-refractivity contribution in [2.24, 2.45) is 0 Å². The van der Waals surface area contributed by atoms with E-state index in [-0.39, 0.29) is 5.91 Å². The van der Waals surface area contributed by atoms with Crippen molar-refractivity contribution < 1.29 is 19.4 Å². The Morgan fingerprint density at radius 3 is 2.62 bits per heavy atom. The van der Waals surface area contributed by atoms with Crippen LogP contribution in [0.15, 0.2) is 18.2 Å². The van der Waals surface area contributed by atoms with E-state index in [4.69, 9.17) is 9.47 Å². The molecule has 0 aromatic heterocycles. The van der Waals surface area contributed by atoms with Crippen LogP contribution in [0.1, 0.15) is 25.0 Å². The van der Waals surface area contributed by atoms with E-state index in [9.17, 15) is 9.90 Å². The lowest BCUT2D eigenvalue weighted by Crippen LogP contribution is -2.31. The summed E-state index contributed by atoms with van der Waals surface area (Å²) in [6.07, 6.45) is -0.0536. The highest BCUT2D eigenvalue weighted by Gasteiger charge is 2.13. The Bertz CT molecular complexity index is 451. The SMILES string of the molecule is COc1ccc(C(O)CCNCCNC(C)=O)c(OC)c1. The Kier molecular flexibility index (Phi) is 7.56. The third-order valence-electron chi connectivity index (χ3n) is 3.07. The molecule has 1 unspecified atom stereocenters. The molecule has 1 atom stereocenters. The molecule has 118 valence electrons. The molecule has 0 saturated carbocycles. The summed E-state index contributed by atoms with van der Waals surface area (Å²) in [7, 11) is 3.15. The second kappa shape index (κ2) is 9.20. The van der Waals surface area contributed by atoms with Gasteiger partial charge in [-0.2, -0.15) is 0 Å². The minimum atomic E-state index is -0.612. The number of ether oxygens (including phenoxy) is 2. The molecule has 1 rings (SSSR count). The molecular weight excluding hydrogens is 272 g/mol. The number of carbonyl (C=O) groups is 1. The first kappa shape index (κ1) is 17.3. The fourth-order valence-electron chi connectivity index (χ4n) is 1.94. The highest BCUT2D eigenvalue weighted by Crippen LogP contribution is 2.30. The predicted molar refractivity (Wildman–Crippen MR) is 80.7 cm³/mol. The van der Waals surface area contributed by atoms with Gasteiger partial charge in [0.05, 0.1) is 20.3 Å². The highest BCUT2D eigenvalue weighted by molar-refractivity contribution is 5.72. The van der Waals surface area contributed by atoms with E-state index in [2.05, 4.69) is 10.6 Å². The number of benzene rings is 1. The van der Waals surface area contributed by atoms with E-state index < -0.39 is 6.10 Å². The Labute approximate surface area is 125 Å². The van der Waals surface area contributed by atoms with Gasteiger partial charge in [0.15, 0.2) is 0 Å². The third-order valence-corrected chi connectivity index (χ3v) is 3.07. The number of rotatable bonds is 9. The van der Waals surface area contributed by atoms with E-state index in [0.29, 0.717) is 37.6 Å². The summed E-state index contributed by atoms with van der Waals surface area (Å²) in [5, 5.41) is 16.1.